The van der Waals surface area contributed by atoms with Gasteiger partial charge in [-0.05, 0) is 5.56 Å². The van der Waals surface area contributed by atoms with E-state index >= 15 is 0 Å². The largest absolute Gasteiger partial charge is 0.368 e. The molecule has 1 unspecified atom stereocenters. The van der Waals surface area contributed by atoms with Gasteiger partial charge in [0.25, 0.3) is 0 Å². The normalized spacial score (nSPS) is 27.3. The highest BCUT2D eigenvalue weighted by Gasteiger charge is 2.55. The van der Waals surface area contributed by atoms with Crippen molar-refractivity contribution in [2.24, 2.45) is 5.73 Å². The minimum Gasteiger partial charge on any atom is -0.368 e. The number of primary amides is 1. The maximum atomic E-state index is 11.6. The first-order chi connectivity index (χ1) is 8.35. The van der Waals surface area contributed by atoms with Gasteiger partial charge in [-0.15, -0.1) is 0 Å². The number of carbonyl (C=O) groups excluding carboxylic acids is 1. The van der Waals surface area contributed by atoms with E-state index in [0.29, 0.717) is 13.1 Å². The summed E-state index contributed by atoms with van der Waals surface area (Å²) in [5.74, 6) is -0.480. The Morgan fingerprint density at radius 3 is 2.33 bits per heavy atom. The van der Waals surface area contributed by atoms with E-state index in [1.54, 1.807) is 0 Å². The fourth-order valence-electron chi connectivity index (χ4n) is 2.18. The van der Waals surface area contributed by atoms with Crippen molar-refractivity contribution in [3.05, 3.63) is 35.9 Å². The maximum absolute atomic E-state index is 11.6. The summed E-state index contributed by atoms with van der Waals surface area (Å²) >= 11 is 13.3. The van der Waals surface area contributed by atoms with E-state index in [0.717, 1.165) is 6.54 Å². The van der Waals surface area contributed by atoms with Crippen LogP contribution in [0.5, 0.6) is 0 Å². The second-order valence-corrected chi connectivity index (χ2v) is 7.32. The SMILES string of the molecule is NC(=O)C1(S)CN(Cc2ccccc2)CC1(S)S. The molecule has 0 bridgehead atoms. The molecule has 1 fully saturated rings. The summed E-state index contributed by atoms with van der Waals surface area (Å²) in [5.41, 5.74) is 6.60. The summed E-state index contributed by atoms with van der Waals surface area (Å²) in [6, 6.07) is 10.0. The predicted molar refractivity (Wildman–Crippen MR) is 83.3 cm³/mol. The lowest BCUT2D eigenvalue weighted by Crippen LogP contribution is -2.51. The van der Waals surface area contributed by atoms with Gasteiger partial charge in [0.05, 0.1) is 4.08 Å². The molecular weight excluding hydrogens is 284 g/mol. The van der Waals surface area contributed by atoms with Crippen LogP contribution in [0.3, 0.4) is 0 Å². The van der Waals surface area contributed by atoms with Crippen LogP contribution in [0.2, 0.25) is 0 Å². The minimum atomic E-state index is -1.02. The van der Waals surface area contributed by atoms with Gasteiger partial charge in [0.15, 0.2) is 0 Å². The second kappa shape index (κ2) is 5.00. The van der Waals surface area contributed by atoms with Crippen molar-refractivity contribution < 1.29 is 4.79 Å². The van der Waals surface area contributed by atoms with Crippen molar-refractivity contribution in [3.8, 4) is 0 Å². The molecule has 0 aliphatic carbocycles. The van der Waals surface area contributed by atoms with Crippen molar-refractivity contribution >= 4 is 43.8 Å². The number of thiol groups is 3. The number of benzene rings is 1. The first kappa shape index (κ1) is 14.1. The molecule has 2 N–H and O–H groups in total. The molecule has 0 aromatic heterocycles. The van der Waals surface area contributed by atoms with Crippen molar-refractivity contribution in [2.75, 3.05) is 13.1 Å². The van der Waals surface area contributed by atoms with E-state index in [-0.39, 0.29) is 0 Å². The van der Waals surface area contributed by atoms with Crippen LogP contribution >= 0.6 is 37.9 Å². The van der Waals surface area contributed by atoms with Gasteiger partial charge in [0.2, 0.25) is 5.91 Å². The number of hydrogen-bond donors (Lipinski definition) is 4. The molecule has 2 rings (SSSR count). The smallest absolute Gasteiger partial charge is 0.237 e. The quantitative estimate of drug-likeness (QED) is 0.501. The van der Waals surface area contributed by atoms with Crippen LogP contribution in [-0.4, -0.2) is 32.7 Å². The third kappa shape index (κ3) is 2.52. The van der Waals surface area contributed by atoms with Gasteiger partial charge in [0.1, 0.15) is 4.75 Å². The van der Waals surface area contributed by atoms with Gasteiger partial charge in [-0.1, -0.05) is 30.3 Å². The fraction of sp³-hybridized carbons (Fsp3) is 0.417. The Balaban J connectivity index is 2.14. The van der Waals surface area contributed by atoms with Crippen molar-refractivity contribution in [1.29, 1.82) is 0 Å². The Hall–Kier alpha value is -0.300. The van der Waals surface area contributed by atoms with Crippen molar-refractivity contribution in [1.82, 2.24) is 4.90 Å². The fourth-order valence-corrected chi connectivity index (χ4v) is 3.21. The van der Waals surface area contributed by atoms with E-state index < -0.39 is 14.7 Å². The standard InChI is InChI=1S/C12H16N2OS3/c13-10(15)11(16)7-14(8-12(11,17)18)6-9-4-2-1-3-5-9/h1-5,16-18H,6-8H2,(H2,13,15). The average molecular weight is 300 g/mol. The number of hydrogen-bond acceptors (Lipinski definition) is 5. The number of nitrogens with zero attached hydrogens (tertiary/aromatic N) is 1. The highest BCUT2D eigenvalue weighted by molar-refractivity contribution is 8.02. The van der Waals surface area contributed by atoms with Crippen LogP contribution in [0.25, 0.3) is 0 Å². The third-order valence-corrected chi connectivity index (χ3v) is 5.36. The molecular formula is C12H16N2OS3. The zero-order valence-corrected chi connectivity index (χ0v) is 12.5. The van der Waals surface area contributed by atoms with Gasteiger partial charge in [-0.25, -0.2) is 0 Å². The summed E-state index contributed by atoms with van der Waals surface area (Å²) in [7, 11) is 0. The van der Waals surface area contributed by atoms with Gasteiger partial charge in [-0.2, -0.15) is 37.9 Å². The maximum Gasteiger partial charge on any atom is 0.237 e. The Labute approximate surface area is 123 Å². The van der Waals surface area contributed by atoms with E-state index in [1.807, 2.05) is 30.3 Å². The Kier molecular flexibility index (Phi) is 3.92. The molecule has 3 nitrogen and oxygen atoms in total. The molecule has 1 amide bonds. The number of rotatable bonds is 3. The summed E-state index contributed by atoms with van der Waals surface area (Å²) in [6.07, 6.45) is 0. The van der Waals surface area contributed by atoms with Gasteiger partial charge in [-0.3, -0.25) is 9.69 Å². The number of likely N-dealkylation sites (tertiary alicyclic amines) is 1. The molecule has 1 saturated heterocycles. The third-order valence-electron chi connectivity index (χ3n) is 3.22. The highest BCUT2D eigenvalue weighted by atomic mass is 32.2. The summed E-state index contributed by atoms with van der Waals surface area (Å²) in [5, 5.41) is 0. The molecule has 6 heteroatoms. The van der Waals surface area contributed by atoms with E-state index in [1.165, 1.54) is 5.56 Å². The topological polar surface area (TPSA) is 46.3 Å². The van der Waals surface area contributed by atoms with Crippen LogP contribution in [0.15, 0.2) is 30.3 Å². The van der Waals surface area contributed by atoms with Crippen LogP contribution in [0, 0.1) is 0 Å². The van der Waals surface area contributed by atoms with Crippen LogP contribution in [0.1, 0.15) is 5.56 Å². The summed E-state index contributed by atoms with van der Waals surface area (Å²) < 4.78 is -1.84. The molecule has 1 heterocycles. The lowest BCUT2D eigenvalue weighted by molar-refractivity contribution is -0.120. The first-order valence-electron chi connectivity index (χ1n) is 5.58. The monoisotopic (exact) mass is 300 g/mol. The van der Waals surface area contributed by atoms with Crippen LogP contribution in [0.4, 0.5) is 0 Å². The lowest BCUT2D eigenvalue weighted by atomic mass is 10.1. The zero-order chi connectivity index (χ0) is 13.4. The molecule has 1 aromatic carbocycles. The van der Waals surface area contributed by atoms with Gasteiger partial charge < -0.3 is 5.73 Å². The molecule has 0 spiro atoms. The number of carbonyl (C=O) groups is 1. The Morgan fingerprint density at radius 2 is 1.83 bits per heavy atom. The molecule has 1 aliphatic rings. The molecule has 18 heavy (non-hydrogen) atoms. The van der Waals surface area contributed by atoms with E-state index in [2.05, 4.69) is 42.8 Å². The Bertz CT molecular complexity index is 452. The van der Waals surface area contributed by atoms with E-state index in [4.69, 9.17) is 5.73 Å². The number of nitrogens with two attached hydrogens (primary N) is 1. The zero-order valence-electron chi connectivity index (χ0n) is 9.78. The first-order valence-corrected chi connectivity index (χ1v) is 6.93. The lowest BCUT2D eigenvalue weighted by Gasteiger charge is -2.30. The second-order valence-electron chi connectivity index (χ2n) is 4.67. The predicted octanol–water partition coefficient (Wildman–Crippen LogP) is 1.21. The van der Waals surface area contributed by atoms with Gasteiger partial charge >= 0.3 is 0 Å². The molecule has 1 aliphatic heterocycles. The van der Waals surface area contributed by atoms with Crippen LogP contribution in [-0.2, 0) is 11.3 Å². The van der Waals surface area contributed by atoms with Gasteiger partial charge in [0, 0.05) is 19.6 Å². The van der Waals surface area contributed by atoms with Crippen LogP contribution < -0.4 is 5.73 Å². The summed E-state index contributed by atoms with van der Waals surface area (Å²) in [6.45, 7) is 1.74. The Morgan fingerprint density at radius 1 is 1.22 bits per heavy atom. The molecule has 1 aromatic rings. The molecule has 1 atom stereocenters. The molecule has 98 valence electrons. The van der Waals surface area contributed by atoms with Crippen molar-refractivity contribution in [2.45, 2.75) is 15.4 Å². The molecule has 0 saturated carbocycles. The minimum absolute atomic E-state index is 0.452. The van der Waals surface area contributed by atoms with Crippen molar-refractivity contribution in [3.63, 3.8) is 0 Å². The van der Waals surface area contributed by atoms with E-state index in [9.17, 15) is 4.79 Å². The highest BCUT2D eigenvalue weighted by Crippen LogP contribution is 2.44. The summed E-state index contributed by atoms with van der Waals surface area (Å²) in [4.78, 5) is 13.6. The average Bonchev–Trinajstić information content (AvgIpc) is 2.51. The number of amides is 1. The molecule has 0 radical (unpaired) electrons.